The average Bonchev–Trinajstić information content (AvgIpc) is 3.62. The maximum absolute atomic E-state index is 13.5. The molecule has 1 fully saturated rings. The van der Waals surface area contributed by atoms with E-state index >= 15 is 0 Å². The summed E-state index contributed by atoms with van der Waals surface area (Å²) in [6.45, 7) is 5.04. The predicted molar refractivity (Wildman–Crippen MR) is 154 cm³/mol. The molecule has 11 nitrogen and oxygen atoms in total. The lowest BCUT2D eigenvalue weighted by molar-refractivity contribution is -0.154. The van der Waals surface area contributed by atoms with Crippen LogP contribution in [0.1, 0.15) is 71.3 Å². The van der Waals surface area contributed by atoms with Crippen molar-refractivity contribution in [3.8, 4) is 0 Å². The molecule has 1 saturated carbocycles. The standard InChI is InChI=1S/C30H41N5O6/c1-4-18(2)27(30(40)41-22-9-5-6-10-22)35-28(38)25(14-13-21(37)16-31)34-29(39)26(33-19(3)36)15-20-17-32-24-12-8-7-11-23(20)24/h7-8,11-12,16-18,22,25-27,31-32H,4-6,9-10,13-15H2,1-3H3,(H,33,36)(H,34,39)(H,35,38)/t18?,25-,26-,27-/m0/s1. The number of amides is 3. The summed E-state index contributed by atoms with van der Waals surface area (Å²) >= 11 is 0. The largest absolute Gasteiger partial charge is 0.461 e. The molecule has 1 aliphatic rings. The number of H-pyrrole nitrogens is 1. The van der Waals surface area contributed by atoms with Crippen LogP contribution in [0.25, 0.3) is 10.9 Å². The number of nitrogens with one attached hydrogen (secondary N) is 5. The van der Waals surface area contributed by atoms with Crippen LogP contribution in [0.5, 0.6) is 0 Å². The normalized spacial score (nSPS) is 16.3. The van der Waals surface area contributed by atoms with Crippen LogP contribution >= 0.6 is 0 Å². The van der Waals surface area contributed by atoms with Crippen LogP contribution in [-0.4, -0.2) is 64.9 Å². The van der Waals surface area contributed by atoms with Gasteiger partial charge in [0.15, 0.2) is 5.78 Å². The third-order valence-corrected chi connectivity index (χ3v) is 7.62. The minimum Gasteiger partial charge on any atom is -0.461 e. The van der Waals surface area contributed by atoms with Crippen LogP contribution in [0.4, 0.5) is 0 Å². The number of rotatable bonds is 15. The lowest BCUT2D eigenvalue weighted by atomic mass is 9.98. The summed E-state index contributed by atoms with van der Waals surface area (Å²) in [7, 11) is 0. The van der Waals surface area contributed by atoms with Gasteiger partial charge in [-0.2, -0.15) is 0 Å². The van der Waals surface area contributed by atoms with Gasteiger partial charge in [0.2, 0.25) is 17.7 Å². The number of hydrogen-bond acceptors (Lipinski definition) is 7. The number of Topliss-reactive ketones (excluding diaryl/α,β-unsaturated/α-hetero) is 1. The van der Waals surface area contributed by atoms with Crippen LogP contribution in [0.2, 0.25) is 0 Å². The van der Waals surface area contributed by atoms with Gasteiger partial charge in [-0.3, -0.25) is 19.2 Å². The van der Waals surface area contributed by atoms with Crippen molar-refractivity contribution in [3.63, 3.8) is 0 Å². The van der Waals surface area contributed by atoms with Crippen molar-refractivity contribution in [2.24, 2.45) is 5.92 Å². The van der Waals surface area contributed by atoms with E-state index in [1.165, 1.54) is 6.92 Å². The van der Waals surface area contributed by atoms with Gasteiger partial charge in [-0.05, 0) is 49.7 Å². The second-order valence-corrected chi connectivity index (χ2v) is 10.7. The van der Waals surface area contributed by atoms with Crippen molar-refractivity contribution in [3.05, 3.63) is 36.0 Å². The first kappa shape index (κ1) is 31.5. The van der Waals surface area contributed by atoms with Gasteiger partial charge < -0.3 is 31.1 Å². The number of carbonyl (C=O) groups excluding carboxylic acids is 5. The molecule has 5 N–H and O–H groups in total. The topological polar surface area (TPSA) is 170 Å². The third kappa shape index (κ3) is 8.99. The van der Waals surface area contributed by atoms with Crippen molar-refractivity contribution in [1.29, 1.82) is 5.41 Å². The summed E-state index contributed by atoms with van der Waals surface area (Å²) in [5, 5.41) is 16.2. The van der Waals surface area contributed by atoms with Gasteiger partial charge in [0.25, 0.3) is 0 Å². The quantitative estimate of drug-likeness (QED) is 0.164. The fraction of sp³-hybridized carbons (Fsp3) is 0.533. The first-order chi connectivity index (χ1) is 19.6. The Balaban J connectivity index is 1.79. The molecular weight excluding hydrogens is 526 g/mol. The van der Waals surface area contributed by atoms with Gasteiger partial charge in [-0.1, -0.05) is 38.5 Å². The minimum atomic E-state index is -1.18. The molecule has 0 spiro atoms. The number of ketones is 1. The van der Waals surface area contributed by atoms with Crippen LogP contribution in [0.15, 0.2) is 30.5 Å². The molecule has 1 aliphatic carbocycles. The molecule has 1 aromatic carbocycles. The number of carbonyl (C=O) groups is 5. The highest BCUT2D eigenvalue weighted by Gasteiger charge is 2.34. The summed E-state index contributed by atoms with van der Waals surface area (Å²) in [4.78, 5) is 67.1. The van der Waals surface area contributed by atoms with Gasteiger partial charge in [0.05, 0.1) is 6.21 Å². The highest BCUT2D eigenvalue weighted by atomic mass is 16.5. The Labute approximate surface area is 240 Å². The van der Waals surface area contributed by atoms with Crippen LogP contribution in [0, 0.1) is 11.3 Å². The van der Waals surface area contributed by atoms with Gasteiger partial charge >= 0.3 is 5.97 Å². The first-order valence-corrected chi connectivity index (χ1v) is 14.3. The number of benzene rings is 1. The number of para-hydroxylation sites is 1. The average molecular weight is 568 g/mol. The molecule has 3 amide bonds. The first-order valence-electron chi connectivity index (χ1n) is 14.3. The second-order valence-electron chi connectivity index (χ2n) is 10.7. The molecule has 3 rings (SSSR count). The van der Waals surface area contributed by atoms with E-state index in [-0.39, 0.29) is 31.3 Å². The van der Waals surface area contributed by atoms with Gasteiger partial charge in [-0.25, -0.2) is 4.79 Å². The maximum Gasteiger partial charge on any atom is 0.329 e. The second kappa shape index (κ2) is 15.1. The lowest BCUT2D eigenvalue weighted by Crippen LogP contribution is -2.57. The summed E-state index contributed by atoms with van der Waals surface area (Å²) in [5.74, 6) is -2.93. The molecule has 4 atom stereocenters. The molecule has 1 unspecified atom stereocenters. The van der Waals surface area contributed by atoms with E-state index in [1.54, 1.807) is 6.20 Å². The zero-order chi connectivity index (χ0) is 29.9. The zero-order valence-electron chi connectivity index (χ0n) is 24.0. The molecule has 11 heteroatoms. The molecule has 0 saturated heterocycles. The fourth-order valence-electron chi connectivity index (χ4n) is 5.04. The molecule has 41 heavy (non-hydrogen) atoms. The predicted octanol–water partition coefficient (Wildman–Crippen LogP) is 2.72. The summed E-state index contributed by atoms with van der Waals surface area (Å²) in [5.41, 5.74) is 1.69. The lowest BCUT2D eigenvalue weighted by Gasteiger charge is -2.28. The van der Waals surface area contributed by atoms with Crippen molar-refractivity contribution in [2.45, 2.75) is 96.4 Å². The van der Waals surface area contributed by atoms with Crippen molar-refractivity contribution >= 4 is 46.6 Å². The maximum atomic E-state index is 13.5. The monoisotopic (exact) mass is 567 g/mol. The number of hydrogen-bond donors (Lipinski definition) is 5. The Kier molecular flexibility index (Phi) is 11.6. The fourth-order valence-corrected chi connectivity index (χ4v) is 5.04. The van der Waals surface area contributed by atoms with Gasteiger partial charge in [-0.15, -0.1) is 0 Å². The van der Waals surface area contributed by atoms with E-state index in [0.29, 0.717) is 12.6 Å². The highest BCUT2D eigenvalue weighted by molar-refractivity contribution is 6.26. The molecule has 0 bridgehead atoms. The number of ether oxygens (including phenoxy) is 1. The van der Waals surface area contributed by atoms with Gasteiger partial charge in [0.1, 0.15) is 24.2 Å². The van der Waals surface area contributed by atoms with Crippen LogP contribution in [0.3, 0.4) is 0 Å². The van der Waals surface area contributed by atoms with E-state index in [4.69, 9.17) is 10.1 Å². The van der Waals surface area contributed by atoms with Crippen LogP contribution < -0.4 is 16.0 Å². The van der Waals surface area contributed by atoms with E-state index in [9.17, 15) is 24.0 Å². The molecule has 2 aromatic rings. The molecule has 0 aliphatic heterocycles. The van der Waals surface area contributed by atoms with Gasteiger partial charge in [0, 0.05) is 36.9 Å². The number of fused-ring (bicyclic) bond motifs is 1. The Bertz CT molecular complexity index is 1250. The zero-order valence-corrected chi connectivity index (χ0v) is 24.0. The molecule has 1 aromatic heterocycles. The Hall–Kier alpha value is -4.02. The van der Waals surface area contributed by atoms with E-state index in [0.717, 1.165) is 42.1 Å². The third-order valence-electron chi connectivity index (χ3n) is 7.62. The smallest absolute Gasteiger partial charge is 0.329 e. The molecular formula is C30H41N5O6. The van der Waals surface area contributed by atoms with E-state index in [1.807, 2.05) is 38.1 Å². The SMILES string of the molecule is CCC(C)[C@H](NC(=O)[C@H](CCC(=O)C=N)NC(=O)[C@H](Cc1c[nH]c2ccccc12)NC(C)=O)C(=O)OC1CCCC1. The minimum absolute atomic E-state index is 0.0867. The van der Waals surface area contributed by atoms with E-state index in [2.05, 4.69) is 20.9 Å². The Morgan fingerprint density at radius 2 is 1.73 bits per heavy atom. The molecule has 222 valence electrons. The summed E-state index contributed by atoms with van der Waals surface area (Å²) in [6, 6.07) is 4.45. The Morgan fingerprint density at radius 3 is 2.39 bits per heavy atom. The summed E-state index contributed by atoms with van der Waals surface area (Å²) < 4.78 is 5.67. The molecule has 1 heterocycles. The van der Waals surface area contributed by atoms with Crippen molar-refractivity contribution in [1.82, 2.24) is 20.9 Å². The van der Waals surface area contributed by atoms with Crippen molar-refractivity contribution < 1.29 is 28.7 Å². The summed E-state index contributed by atoms with van der Waals surface area (Å²) in [6.07, 6.45) is 6.33. The van der Waals surface area contributed by atoms with Crippen LogP contribution in [-0.2, 0) is 35.1 Å². The Morgan fingerprint density at radius 1 is 1.05 bits per heavy atom. The van der Waals surface area contributed by atoms with Crippen molar-refractivity contribution in [2.75, 3.05) is 0 Å². The van der Waals surface area contributed by atoms with E-state index < -0.39 is 47.6 Å². The highest BCUT2D eigenvalue weighted by Crippen LogP contribution is 2.23. The number of aromatic nitrogens is 1. The number of esters is 1. The molecule has 0 radical (unpaired) electrons. The number of aromatic amines is 1.